The van der Waals surface area contributed by atoms with E-state index in [-0.39, 0.29) is 16.6 Å². The van der Waals surface area contributed by atoms with Crippen LogP contribution in [0, 0.1) is 12.7 Å². The Morgan fingerprint density at radius 2 is 2.05 bits per heavy atom. The van der Waals surface area contributed by atoms with Gasteiger partial charge < -0.3 is 5.32 Å². The Balaban J connectivity index is 2.06. The quantitative estimate of drug-likeness (QED) is 0.760. The summed E-state index contributed by atoms with van der Waals surface area (Å²) in [6.45, 7) is 1.91. The lowest BCUT2D eigenvalue weighted by Crippen LogP contribution is -2.03. The van der Waals surface area contributed by atoms with E-state index in [2.05, 4.69) is 21.2 Å². The van der Waals surface area contributed by atoms with Crippen molar-refractivity contribution in [1.29, 1.82) is 0 Å². The van der Waals surface area contributed by atoms with Gasteiger partial charge >= 0.3 is 0 Å². The smallest absolute Gasteiger partial charge is 0.228 e. The third-order valence-corrected chi connectivity index (χ3v) is 4.86. The standard InChI is InChI=1S/C16H12BrClFNO/c1-8-2-3-13(19)11(4-8)16(17)10-5-9-6-15(21)20-14(9)7-12(10)18/h2-5,7,16H,6H2,1H3,(H,20,21). The molecule has 0 saturated carbocycles. The molecule has 0 saturated heterocycles. The van der Waals surface area contributed by atoms with E-state index in [0.717, 1.165) is 22.4 Å². The van der Waals surface area contributed by atoms with Gasteiger partial charge in [-0.1, -0.05) is 51.3 Å². The van der Waals surface area contributed by atoms with Crippen molar-refractivity contribution < 1.29 is 9.18 Å². The lowest BCUT2D eigenvalue weighted by atomic mass is 9.99. The first-order valence-electron chi connectivity index (χ1n) is 6.48. The molecule has 0 fully saturated rings. The first-order valence-corrected chi connectivity index (χ1v) is 7.77. The molecule has 1 heterocycles. The van der Waals surface area contributed by atoms with Gasteiger partial charge in [0.25, 0.3) is 0 Å². The molecular formula is C16H12BrClFNO. The first-order chi connectivity index (χ1) is 9.95. The fourth-order valence-electron chi connectivity index (χ4n) is 2.49. The van der Waals surface area contributed by atoms with Crippen LogP contribution in [-0.4, -0.2) is 5.91 Å². The van der Waals surface area contributed by atoms with E-state index in [1.807, 2.05) is 13.0 Å². The Morgan fingerprint density at radius 3 is 2.81 bits per heavy atom. The van der Waals surface area contributed by atoms with Gasteiger partial charge in [-0.15, -0.1) is 0 Å². The molecule has 1 N–H and O–H groups in total. The fourth-order valence-corrected chi connectivity index (χ4v) is 3.62. The van der Waals surface area contributed by atoms with E-state index >= 15 is 0 Å². The summed E-state index contributed by atoms with van der Waals surface area (Å²) in [6.07, 6.45) is 0.329. The minimum Gasteiger partial charge on any atom is -0.325 e. The second-order valence-electron chi connectivity index (χ2n) is 5.14. The molecule has 5 heteroatoms. The van der Waals surface area contributed by atoms with Gasteiger partial charge in [-0.2, -0.15) is 0 Å². The summed E-state index contributed by atoms with van der Waals surface area (Å²) in [5.74, 6) is -0.334. The van der Waals surface area contributed by atoms with Gasteiger partial charge in [0.1, 0.15) is 5.82 Å². The Bertz CT molecular complexity index is 747. The molecule has 0 bridgehead atoms. The van der Waals surface area contributed by atoms with Crippen molar-refractivity contribution in [2.24, 2.45) is 0 Å². The molecule has 0 aliphatic carbocycles. The van der Waals surface area contributed by atoms with Gasteiger partial charge in [0.05, 0.1) is 11.2 Å². The van der Waals surface area contributed by atoms with Crippen molar-refractivity contribution in [2.45, 2.75) is 18.2 Å². The number of hydrogen-bond acceptors (Lipinski definition) is 1. The summed E-state index contributed by atoms with van der Waals surface area (Å²) in [5.41, 5.74) is 3.89. The van der Waals surface area contributed by atoms with Gasteiger partial charge in [-0.05, 0) is 30.2 Å². The molecule has 1 aliphatic heterocycles. The van der Waals surface area contributed by atoms with E-state index in [4.69, 9.17) is 11.6 Å². The highest BCUT2D eigenvalue weighted by Gasteiger charge is 2.24. The number of carbonyl (C=O) groups is 1. The number of fused-ring (bicyclic) bond motifs is 1. The van der Waals surface area contributed by atoms with Crippen molar-refractivity contribution in [3.05, 3.63) is 63.4 Å². The van der Waals surface area contributed by atoms with Crippen molar-refractivity contribution in [1.82, 2.24) is 0 Å². The van der Waals surface area contributed by atoms with Gasteiger partial charge in [0.2, 0.25) is 5.91 Å². The highest BCUT2D eigenvalue weighted by atomic mass is 79.9. The summed E-state index contributed by atoms with van der Waals surface area (Å²) in [5, 5.41) is 3.25. The van der Waals surface area contributed by atoms with Crippen LogP contribution in [0.1, 0.15) is 27.1 Å². The Kier molecular flexibility index (Phi) is 3.76. The van der Waals surface area contributed by atoms with E-state index in [1.165, 1.54) is 6.07 Å². The van der Waals surface area contributed by atoms with Crippen LogP contribution in [0.15, 0.2) is 30.3 Å². The number of nitrogens with one attached hydrogen (secondary N) is 1. The minimum absolute atomic E-state index is 0.0499. The van der Waals surface area contributed by atoms with E-state index in [9.17, 15) is 9.18 Å². The van der Waals surface area contributed by atoms with Crippen LogP contribution in [0.5, 0.6) is 0 Å². The Morgan fingerprint density at radius 1 is 1.29 bits per heavy atom. The monoisotopic (exact) mass is 367 g/mol. The van der Waals surface area contributed by atoms with Crippen molar-refractivity contribution in [3.63, 3.8) is 0 Å². The van der Waals surface area contributed by atoms with Crippen molar-refractivity contribution in [2.75, 3.05) is 5.32 Å². The van der Waals surface area contributed by atoms with Crippen molar-refractivity contribution in [3.8, 4) is 0 Å². The SMILES string of the molecule is Cc1ccc(F)c(C(Br)c2cc3c(cc2Cl)NC(=O)C3)c1. The van der Waals surface area contributed by atoms with E-state index in [1.54, 1.807) is 18.2 Å². The average Bonchev–Trinajstić information content (AvgIpc) is 2.79. The molecule has 1 aliphatic rings. The molecule has 3 rings (SSSR count). The topological polar surface area (TPSA) is 29.1 Å². The van der Waals surface area contributed by atoms with Crippen LogP contribution in [0.3, 0.4) is 0 Å². The zero-order valence-corrected chi connectivity index (χ0v) is 13.6. The van der Waals surface area contributed by atoms with Crippen LogP contribution in [-0.2, 0) is 11.2 Å². The molecule has 1 amide bonds. The normalized spacial score (nSPS) is 14.8. The highest BCUT2D eigenvalue weighted by Crippen LogP contribution is 2.40. The molecule has 0 aromatic heterocycles. The number of anilines is 1. The molecule has 2 aromatic carbocycles. The van der Waals surface area contributed by atoms with Gasteiger partial charge in [0, 0.05) is 16.3 Å². The third-order valence-electron chi connectivity index (χ3n) is 3.55. The number of aryl methyl sites for hydroxylation is 1. The third kappa shape index (κ3) is 2.70. The van der Waals surface area contributed by atoms with Gasteiger partial charge in [-0.25, -0.2) is 4.39 Å². The number of carbonyl (C=O) groups excluding carboxylic acids is 1. The van der Waals surface area contributed by atoms with Crippen molar-refractivity contribution >= 4 is 39.1 Å². The number of amides is 1. The van der Waals surface area contributed by atoms with E-state index < -0.39 is 0 Å². The second kappa shape index (κ2) is 5.43. The summed E-state index contributed by atoms with van der Waals surface area (Å²) < 4.78 is 14.0. The van der Waals surface area contributed by atoms with Crippen LogP contribution in [0.25, 0.3) is 0 Å². The average molecular weight is 369 g/mol. The number of halogens is 3. The molecule has 0 radical (unpaired) electrons. The molecule has 1 unspecified atom stereocenters. The molecular weight excluding hydrogens is 357 g/mol. The number of benzene rings is 2. The molecule has 0 spiro atoms. The molecule has 21 heavy (non-hydrogen) atoms. The van der Waals surface area contributed by atoms with Gasteiger partial charge in [-0.3, -0.25) is 4.79 Å². The number of alkyl halides is 1. The summed E-state index contributed by atoms with van der Waals surface area (Å²) >= 11 is 9.81. The first kappa shape index (κ1) is 14.5. The van der Waals surface area contributed by atoms with Crippen LogP contribution < -0.4 is 5.32 Å². The summed E-state index contributed by atoms with van der Waals surface area (Å²) in [6, 6.07) is 8.55. The second-order valence-corrected chi connectivity index (χ2v) is 6.47. The predicted octanol–water partition coefficient (Wildman–Crippen LogP) is 4.77. The van der Waals surface area contributed by atoms with Crippen LogP contribution in [0.4, 0.5) is 10.1 Å². The molecule has 2 aromatic rings. The van der Waals surface area contributed by atoms with Gasteiger partial charge in [0.15, 0.2) is 0 Å². The maximum atomic E-state index is 14.0. The largest absolute Gasteiger partial charge is 0.325 e. The van der Waals surface area contributed by atoms with Crippen LogP contribution >= 0.6 is 27.5 Å². The maximum absolute atomic E-state index is 14.0. The zero-order chi connectivity index (χ0) is 15.1. The van der Waals surface area contributed by atoms with Crippen LogP contribution in [0.2, 0.25) is 5.02 Å². The maximum Gasteiger partial charge on any atom is 0.228 e. The summed E-state index contributed by atoms with van der Waals surface area (Å²) in [4.78, 5) is 11.1. The Hall–Kier alpha value is -1.39. The molecule has 1 atom stereocenters. The lowest BCUT2D eigenvalue weighted by molar-refractivity contribution is -0.115. The Labute approximate surface area is 135 Å². The highest BCUT2D eigenvalue weighted by molar-refractivity contribution is 9.09. The molecule has 2 nitrogen and oxygen atoms in total. The molecule has 108 valence electrons. The lowest BCUT2D eigenvalue weighted by Gasteiger charge is -2.15. The number of hydrogen-bond donors (Lipinski definition) is 1. The predicted molar refractivity (Wildman–Crippen MR) is 85.7 cm³/mol. The summed E-state index contributed by atoms with van der Waals surface area (Å²) in [7, 11) is 0. The fraction of sp³-hybridized carbons (Fsp3) is 0.188. The number of rotatable bonds is 2. The zero-order valence-electron chi connectivity index (χ0n) is 11.2. The minimum atomic E-state index is -0.356. The van der Waals surface area contributed by atoms with E-state index in [0.29, 0.717) is 17.0 Å².